The van der Waals surface area contributed by atoms with E-state index in [2.05, 4.69) is 5.32 Å². The molecule has 0 bridgehead atoms. The summed E-state index contributed by atoms with van der Waals surface area (Å²) in [6.07, 6.45) is 2.84. The van der Waals surface area contributed by atoms with Gasteiger partial charge in [0.1, 0.15) is 0 Å². The molecule has 0 unspecified atom stereocenters. The van der Waals surface area contributed by atoms with Gasteiger partial charge in [0.15, 0.2) is 0 Å². The van der Waals surface area contributed by atoms with E-state index in [0.717, 1.165) is 42.5 Å². The number of amides is 1. The van der Waals surface area contributed by atoms with E-state index < -0.39 is 6.10 Å². The first-order valence-electron chi connectivity index (χ1n) is 9.18. The van der Waals surface area contributed by atoms with Gasteiger partial charge in [0.05, 0.1) is 5.92 Å². The second-order valence-electron chi connectivity index (χ2n) is 7.02. The van der Waals surface area contributed by atoms with Crippen LogP contribution in [0.1, 0.15) is 48.5 Å². The lowest BCUT2D eigenvalue weighted by molar-refractivity contribution is -0.158. The third kappa shape index (κ3) is 4.31. The number of benzene rings is 2. The average Bonchev–Trinajstić information content (AvgIpc) is 3.18. The Kier molecular flexibility index (Phi) is 5.71. The maximum atomic E-state index is 12.9. The number of hydrogen-bond donors (Lipinski definition) is 1. The van der Waals surface area contributed by atoms with Crippen molar-refractivity contribution in [3.05, 3.63) is 65.2 Å². The van der Waals surface area contributed by atoms with E-state index in [1.165, 1.54) is 0 Å². The van der Waals surface area contributed by atoms with E-state index in [4.69, 9.17) is 4.74 Å². The van der Waals surface area contributed by atoms with Gasteiger partial charge in [0.25, 0.3) is 5.91 Å². The molecule has 3 rings (SSSR count). The summed E-state index contributed by atoms with van der Waals surface area (Å²) < 4.78 is 5.67. The van der Waals surface area contributed by atoms with Crippen LogP contribution in [0.3, 0.4) is 0 Å². The van der Waals surface area contributed by atoms with Crippen molar-refractivity contribution in [2.24, 2.45) is 5.92 Å². The number of anilines is 1. The SMILES string of the molecule is Cc1ccc(C)c(NC(=O)[C@H](OC(=O)C2CCCC2)c2ccccc2)c1. The van der Waals surface area contributed by atoms with Crippen LogP contribution in [0, 0.1) is 19.8 Å². The lowest BCUT2D eigenvalue weighted by atomic mass is 10.1. The summed E-state index contributed by atoms with van der Waals surface area (Å²) in [7, 11) is 0. The Hall–Kier alpha value is -2.62. The van der Waals surface area contributed by atoms with Crippen LogP contribution in [0.2, 0.25) is 0 Å². The lowest BCUT2D eigenvalue weighted by Crippen LogP contribution is -2.28. The van der Waals surface area contributed by atoms with Crippen LogP contribution in [-0.4, -0.2) is 11.9 Å². The van der Waals surface area contributed by atoms with Gasteiger partial charge in [-0.3, -0.25) is 9.59 Å². The van der Waals surface area contributed by atoms with Gasteiger partial charge in [0, 0.05) is 11.3 Å². The van der Waals surface area contributed by atoms with Gasteiger partial charge in [-0.15, -0.1) is 0 Å². The summed E-state index contributed by atoms with van der Waals surface area (Å²) in [5, 5.41) is 2.93. The second kappa shape index (κ2) is 8.17. The molecule has 2 aromatic carbocycles. The first kappa shape index (κ1) is 18.2. The molecule has 136 valence electrons. The topological polar surface area (TPSA) is 55.4 Å². The normalized spacial score (nSPS) is 15.5. The number of rotatable bonds is 5. The molecule has 1 aliphatic rings. The predicted molar refractivity (Wildman–Crippen MR) is 102 cm³/mol. The Labute approximate surface area is 154 Å². The first-order valence-corrected chi connectivity index (χ1v) is 9.18. The Morgan fingerprint density at radius 1 is 1.04 bits per heavy atom. The van der Waals surface area contributed by atoms with Gasteiger partial charge in [-0.05, 0) is 43.9 Å². The zero-order valence-electron chi connectivity index (χ0n) is 15.3. The van der Waals surface area contributed by atoms with E-state index >= 15 is 0 Å². The summed E-state index contributed by atoms with van der Waals surface area (Å²) in [5.74, 6) is -0.682. The highest BCUT2D eigenvalue weighted by molar-refractivity contribution is 5.96. The van der Waals surface area contributed by atoms with Crippen molar-refractivity contribution in [1.29, 1.82) is 0 Å². The Bertz CT molecular complexity index is 779. The van der Waals surface area contributed by atoms with E-state index in [1.807, 2.05) is 62.4 Å². The van der Waals surface area contributed by atoms with Crippen molar-refractivity contribution in [3.63, 3.8) is 0 Å². The second-order valence-corrected chi connectivity index (χ2v) is 7.02. The fourth-order valence-electron chi connectivity index (χ4n) is 3.34. The van der Waals surface area contributed by atoms with E-state index in [9.17, 15) is 9.59 Å². The third-order valence-corrected chi connectivity index (χ3v) is 4.91. The van der Waals surface area contributed by atoms with Crippen LogP contribution >= 0.6 is 0 Å². The Morgan fingerprint density at radius 2 is 1.73 bits per heavy atom. The molecule has 0 spiro atoms. The summed E-state index contributed by atoms with van der Waals surface area (Å²) in [4.78, 5) is 25.4. The molecule has 1 atom stereocenters. The average molecular weight is 351 g/mol. The highest BCUT2D eigenvalue weighted by Crippen LogP contribution is 2.29. The van der Waals surface area contributed by atoms with Crippen molar-refractivity contribution >= 4 is 17.6 Å². The van der Waals surface area contributed by atoms with Crippen molar-refractivity contribution in [1.82, 2.24) is 0 Å². The minimum absolute atomic E-state index is 0.0882. The molecular weight excluding hydrogens is 326 g/mol. The van der Waals surface area contributed by atoms with Gasteiger partial charge in [-0.2, -0.15) is 0 Å². The largest absolute Gasteiger partial charge is 0.447 e. The summed E-state index contributed by atoms with van der Waals surface area (Å²) in [6, 6.07) is 15.1. The predicted octanol–water partition coefficient (Wildman–Crippen LogP) is 4.72. The Morgan fingerprint density at radius 3 is 2.42 bits per heavy atom. The van der Waals surface area contributed by atoms with E-state index in [1.54, 1.807) is 0 Å². The molecule has 4 nitrogen and oxygen atoms in total. The highest BCUT2D eigenvalue weighted by atomic mass is 16.5. The van der Waals surface area contributed by atoms with Gasteiger partial charge in [-0.1, -0.05) is 55.3 Å². The summed E-state index contributed by atoms with van der Waals surface area (Å²) in [6.45, 7) is 3.92. The molecule has 1 N–H and O–H groups in total. The van der Waals surface area contributed by atoms with E-state index in [0.29, 0.717) is 5.56 Å². The number of hydrogen-bond acceptors (Lipinski definition) is 3. The molecule has 0 aliphatic heterocycles. The number of carbonyl (C=O) groups is 2. The maximum absolute atomic E-state index is 12.9. The molecule has 4 heteroatoms. The third-order valence-electron chi connectivity index (χ3n) is 4.91. The molecule has 1 fully saturated rings. The first-order chi connectivity index (χ1) is 12.5. The van der Waals surface area contributed by atoms with E-state index in [-0.39, 0.29) is 17.8 Å². The lowest BCUT2D eigenvalue weighted by Gasteiger charge is -2.20. The number of carbonyl (C=O) groups excluding carboxylic acids is 2. The van der Waals surface area contributed by atoms with Crippen LogP contribution in [0.4, 0.5) is 5.69 Å². The fraction of sp³-hybridized carbons (Fsp3) is 0.364. The summed E-state index contributed by atoms with van der Waals surface area (Å²) in [5.41, 5.74) is 3.46. The molecule has 0 radical (unpaired) electrons. The molecular formula is C22H25NO3. The van der Waals surface area contributed by atoms with Crippen LogP contribution in [0.25, 0.3) is 0 Å². The quantitative estimate of drug-likeness (QED) is 0.793. The minimum Gasteiger partial charge on any atom is -0.447 e. The molecule has 0 heterocycles. The minimum atomic E-state index is -0.941. The van der Waals surface area contributed by atoms with Crippen LogP contribution in [0.15, 0.2) is 48.5 Å². The zero-order chi connectivity index (χ0) is 18.5. The van der Waals surface area contributed by atoms with Gasteiger partial charge < -0.3 is 10.1 Å². The molecule has 1 aliphatic carbocycles. The molecule has 1 saturated carbocycles. The van der Waals surface area contributed by atoms with Gasteiger partial charge >= 0.3 is 5.97 Å². The molecule has 2 aromatic rings. The number of aryl methyl sites for hydroxylation is 2. The van der Waals surface area contributed by atoms with Crippen LogP contribution in [0.5, 0.6) is 0 Å². The van der Waals surface area contributed by atoms with Crippen LogP contribution < -0.4 is 5.32 Å². The van der Waals surface area contributed by atoms with Crippen molar-refractivity contribution < 1.29 is 14.3 Å². The van der Waals surface area contributed by atoms with Gasteiger partial charge in [-0.25, -0.2) is 0 Å². The monoisotopic (exact) mass is 351 g/mol. The number of ether oxygens (including phenoxy) is 1. The smallest absolute Gasteiger partial charge is 0.310 e. The molecule has 0 saturated heterocycles. The standard InChI is InChI=1S/C22H25NO3/c1-15-12-13-16(2)19(14-15)23-21(24)20(17-8-4-3-5-9-17)26-22(25)18-10-6-7-11-18/h3-5,8-9,12-14,18,20H,6-7,10-11H2,1-2H3,(H,23,24)/t20-/m1/s1. The molecule has 1 amide bonds. The number of nitrogens with one attached hydrogen (secondary N) is 1. The zero-order valence-corrected chi connectivity index (χ0v) is 15.3. The van der Waals surface area contributed by atoms with Crippen LogP contribution in [-0.2, 0) is 14.3 Å². The van der Waals surface area contributed by atoms with Crippen molar-refractivity contribution in [2.75, 3.05) is 5.32 Å². The molecule has 0 aromatic heterocycles. The fourth-order valence-corrected chi connectivity index (χ4v) is 3.34. The highest BCUT2D eigenvalue weighted by Gasteiger charge is 2.30. The van der Waals surface area contributed by atoms with Crippen molar-refractivity contribution in [3.8, 4) is 0 Å². The van der Waals surface area contributed by atoms with Gasteiger partial charge in [0.2, 0.25) is 6.10 Å². The maximum Gasteiger partial charge on any atom is 0.310 e. The summed E-state index contributed by atoms with van der Waals surface area (Å²) >= 11 is 0. The number of esters is 1. The Balaban J connectivity index is 1.81. The molecule has 26 heavy (non-hydrogen) atoms. The van der Waals surface area contributed by atoms with Crippen molar-refractivity contribution in [2.45, 2.75) is 45.6 Å².